The molecule has 0 radical (unpaired) electrons. The Morgan fingerprint density at radius 2 is 2.03 bits per heavy atom. The summed E-state index contributed by atoms with van der Waals surface area (Å²) < 4.78 is 31.5. The van der Waals surface area contributed by atoms with Crippen molar-refractivity contribution in [2.75, 3.05) is 13.7 Å². The van der Waals surface area contributed by atoms with Gasteiger partial charge in [-0.3, -0.25) is 0 Å². The molecule has 2 fully saturated rings. The Balaban J connectivity index is 1.43. The predicted molar refractivity (Wildman–Crippen MR) is 106 cm³/mol. The van der Waals surface area contributed by atoms with Crippen LogP contribution in [0.1, 0.15) is 31.1 Å². The van der Waals surface area contributed by atoms with Crippen LogP contribution in [0.15, 0.2) is 36.5 Å². The Labute approximate surface area is 179 Å². The molecule has 5 atom stereocenters. The molecule has 1 amide bonds. The topological polar surface area (TPSA) is 97.2 Å². The molecule has 3 aliphatic rings. The van der Waals surface area contributed by atoms with Crippen LogP contribution in [0.5, 0.6) is 0 Å². The highest BCUT2D eigenvalue weighted by Gasteiger charge is 2.58. The number of ether oxygens (including phenoxy) is 5. The van der Waals surface area contributed by atoms with E-state index in [9.17, 15) is 4.79 Å². The molecule has 1 aromatic carbocycles. The molecule has 0 aliphatic carbocycles. The van der Waals surface area contributed by atoms with Gasteiger partial charge in [-0.05, 0) is 19.4 Å². The quantitative estimate of drug-likeness (QED) is 0.725. The van der Waals surface area contributed by atoms with Gasteiger partial charge in [0.25, 0.3) is 0 Å². The Bertz CT molecular complexity index is 935. The standard InChI is InChI=1S/C21H26N4O6/c1-21(2)30-18-17(28-12-13-7-5-4-6-8-13)16(29-19(18)31-21)15-11-24(20(26)27-3)10-14-9-22-23-25(14)15/h4-9,15-19H,10-12H2,1-3H3/t15-,16-,17+,18-,19-/m1/s1. The van der Waals surface area contributed by atoms with Crippen molar-refractivity contribution in [1.29, 1.82) is 0 Å². The molecule has 0 spiro atoms. The van der Waals surface area contributed by atoms with Crippen LogP contribution >= 0.6 is 0 Å². The summed E-state index contributed by atoms with van der Waals surface area (Å²) in [5, 5.41) is 8.28. The van der Waals surface area contributed by atoms with Gasteiger partial charge in [-0.25, -0.2) is 9.48 Å². The molecule has 3 aliphatic heterocycles. The van der Waals surface area contributed by atoms with Gasteiger partial charge in [0.15, 0.2) is 12.1 Å². The third kappa shape index (κ3) is 3.80. The first-order chi connectivity index (χ1) is 14.9. The van der Waals surface area contributed by atoms with Gasteiger partial charge in [-0.1, -0.05) is 35.5 Å². The van der Waals surface area contributed by atoms with Gasteiger partial charge >= 0.3 is 6.09 Å². The van der Waals surface area contributed by atoms with Gasteiger partial charge in [-0.15, -0.1) is 5.10 Å². The molecule has 5 rings (SSSR count). The lowest BCUT2D eigenvalue weighted by atomic mass is 10.0. The number of carbonyl (C=O) groups is 1. The number of aromatic nitrogens is 3. The molecule has 0 saturated carbocycles. The van der Waals surface area contributed by atoms with Gasteiger partial charge in [0.1, 0.15) is 24.4 Å². The first-order valence-corrected chi connectivity index (χ1v) is 10.3. The summed E-state index contributed by atoms with van der Waals surface area (Å²) in [7, 11) is 1.37. The molecule has 1 aromatic heterocycles. The van der Waals surface area contributed by atoms with E-state index in [4.69, 9.17) is 23.7 Å². The molecule has 0 unspecified atom stereocenters. The Morgan fingerprint density at radius 1 is 1.23 bits per heavy atom. The summed E-state index contributed by atoms with van der Waals surface area (Å²) in [6, 6.07) is 9.60. The fraction of sp³-hybridized carbons (Fsp3) is 0.571. The van der Waals surface area contributed by atoms with Gasteiger partial charge < -0.3 is 28.6 Å². The van der Waals surface area contributed by atoms with Gasteiger partial charge in [0.05, 0.1) is 32.2 Å². The predicted octanol–water partition coefficient (Wildman–Crippen LogP) is 1.86. The van der Waals surface area contributed by atoms with Crippen LogP contribution in [-0.4, -0.2) is 70.0 Å². The van der Waals surface area contributed by atoms with E-state index in [1.807, 2.05) is 44.2 Å². The smallest absolute Gasteiger partial charge is 0.409 e. The van der Waals surface area contributed by atoms with E-state index in [2.05, 4.69) is 10.3 Å². The van der Waals surface area contributed by atoms with Crippen LogP contribution in [0, 0.1) is 0 Å². The summed E-state index contributed by atoms with van der Waals surface area (Å²) >= 11 is 0. The number of methoxy groups -OCH3 is 1. The molecule has 10 nitrogen and oxygen atoms in total. The molecule has 4 heterocycles. The third-order valence-corrected chi connectivity index (χ3v) is 5.85. The highest BCUT2D eigenvalue weighted by molar-refractivity contribution is 5.67. The lowest BCUT2D eigenvalue weighted by Crippen LogP contribution is -2.49. The SMILES string of the molecule is COC(=O)N1Cc2cnnn2[C@@H]([C@H]2O[C@@H]3OC(C)(C)O[C@@H]3[C@H]2OCc2ccccc2)C1. The van der Waals surface area contributed by atoms with Gasteiger partial charge in [-0.2, -0.15) is 0 Å². The second-order valence-electron chi connectivity index (χ2n) is 8.42. The molecule has 10 heteroatoms. The molecule has 166 valence electrons. The van der Waals surface area contributed by atoms with E-state index >= 15 is 0 Å². The fourth-order valence-corrected chi connectivity index (χ4v) is 4.50. The number of nitrogens with zero attached hydrogens (tertiary/aromatic N) is 4. The van der Waals surface area contributed by atoms with E-state index in [0.29, 0.717) is 19.7 Å². The van der Waals surface area contributed by atoms with Crippen LogP contribution < -0.4 is 0 Å². The van der Waals surface area contributed by atoms with Crippen LogP contribution in [-0.2, 0) is 36.8 Å². The van der Waals surface area contributed by atoms with Crippen LogP contribution in [0.25, 0.3) is 0 Å². The maximum Gasteiger partial charge on any atom is 0.409 e. The minimum absolute atomic E-state index is 0.327. The van der Waals surface area contributed by atoms with Crippen LogP contribution in [0.3, 0.4) is 0 Å². The van der Waals surface area contributed by atoms with Crippen molar-refractivity contribution >= 4 is 6.09 Å². The zero-order valence-corrected chi connectivity index (χ0v) is 17.7. The van der Waals surface area contributed by atoms with Crippen molar-refractivity contribution in [3.05, 3.63) is 47.8 Å². The molecular weight excluding hydrogens is 404 g/mol. The molecule has 2 aromatic rings. The molecule has 2 saturated heterocycles. The van der Waals surface area contributed by atoms with E-state index in [-0.39, 0.29) is 6.04 Å². The molecule has 31 heavy (non-hydrogen) atoms. The second-order valence-corrected chi connectivity index (χ2v) is 8.42. The number of benzene rings is 1. The average molecular weight is 430 g/mol. The summed E-state index contributed by atoms with van der Waals surface area (Å²) in [6.07, 6.45) is -0.612. The third-order valence-electron chi connectivity index (χ3n) is 5.85. The first-order valence-electron chi connectivity index (χ1n) is 10.3. The summed E-state index contributed by atoms with van der Waals surface area (Å²) in [6.45, 7) is 4.82. The van der Waals surface area contributed by atoms with E-state index in [0.717, 1.165) is 11.3 Å². The normalized spacial score (nSPS) is 31.3. The van der Waals surface area contributed by atoms with Gasteiger partial charge in [0, 0.05) is 6.54 Å². The van der Waals surface area contributed by atoms with E-state index < -0.39 is 36.5 Å². The van der Waals surface area contributed by atoms with Crippen LogP contribution in [0.4, 0.5) is 4.79 Å². The highest BCUT2D eigenvalue weighted by atomic mass is 16.8. The maximum absolute atomic E-state index is 12.3. The van der Waals surface area contributed by atoms with Crippen molar-refractivity contribution in [2.45, 2.75) is 63.4 Å². The van der Waals surface area contributed by atoms with Crippen molar-refractivity contribution in [3.8, 4) is 0 Å². The first kappa shape index (κ1) is 20.4. The number of hydrogen-bond donors (Lipinski definition) is 0. The number of fused-ring (bicyclic) bond motifs is 2. The average Bonchev–Trinajstić information content (AvgIpc) is 3.44. The number of amides is 1. The Hall–Kier alpha value is -2.53. The minimum Gasteiger partial charge on any atom is -0.453 e. The summed E-state index contributed by atoms with van der Waals surface area (Å²) in [4.78, 5) is 13.9. The highest BCUT2D eigenvalue weighted by Crippen LogP contribution is 2.43. The monoisotopic (exact) mass is 430 g/mol. The second kappa shape index (κ2) is 7.86. The number of hydrogen-bond acceptors (Lipinski definition) is 8. The van der Waals surface area contributed by atoms with Crippen molar-refractivity contribution in [1.82, 2.24) is 19.9 Å². The Kier molecular flexibility index (Phi) is 5.17. The zero-order valence-electron chi connectivity index (χ0n) is 17.7. The lowest BCUT2D eigenvalue weighted by Gasteiger charge is -2.37. The molecule has 0 N–H and O–H groups in total. The van der Waals surface area contributed by atoms with Crippen LogP contribution in [0.2, 0.25) is 0 Å². The Morgan fingerprint density at radius 3 is 2.81 bits per heavy atom. The van der Waals surface area contributed by atoms with Gasteiger partial charge in [0.2, 0.25) is 0 Å². The largest absolute Gasteiger partial charge is 0.453 e. The fourth-order valence-electron chi connectivity index (χ4n) is 4.50. The minimum atomic E-state index is -0.766. The summed E-state index contributed by atoms with van der Waals surface area (Å²) in [5.74, 6) is -0.766. The maximum atomic E-state index is 12.3. The number of rotatable bonds is 4. The molecular formula is C21H26N4O6. The van der Waals surface area contributed by atoms with Crippen molar-refractivity contribution < 1.29 is 28.5 Å². The van der Waals surface area contributed by atoms with E-state index in [1.165, 1.54) is 7.11 Å². The lowest BCUT2D eigenvalue weighted by molar-refractivity contribution is -0.225. The molecule has 0 bridgehead atoms. The van der Waals surface area contributed by atoms with E-state index in [1.54, 1.807) is 15.8 Å². The van der Waals surface area contributed by atoms with Crippen molar-refractivity contribution in [2.24, 2.45) is 0 Å². The number of carbonyl (C=O) groups excluding carboxylic acids is 1. The summed E-state index contributed by atoms with van der Waals surface area (Å²) in [5.41, 5.74) is 1.84. The van der Waals surface area contributed by atoms with Crippen molar-refractivity contribution in [3.63, 3.8) is 0 Å². The zero-order chi connectivity index (χ0) is 21.6.